The summed E-state index contributed by atoms with van der Waals surface area (Å²) in [5.41, 5.74) is 6.75. The van der Waals surface area contributed by atoms with Crippen molar-refractivity contribution < 1.29 is 18.9 Å². The molecule has 0 spiro atoms. The van der Waals surface area contributed by atoms with Crippen LogP contribution in [0.4, 0.5) is 0 Å². The first kappa shape index (κ1) is 40.1. The number of rotatable bonds is 25. The van der Waals surface area contributed by atoms with Crippen LogP contribution in [0.2, 0.25) is 0 Å². The molecule has 0 atom stereocenters. The van der Waals surface area contributed by atoms with Gasteiger partial charge in [-0.25, -0.2) is 0 Å². The van der Waals surface area contributed by atoms with Crippen LogP contribution in [0.1, 0.15) is 71.9 Å². The number of nitrogens with one attached hydrogen (secondary N) is 2. The van der Waals surface area contributed by atoms with Crippen molar-refractivity contribution in [2.75, 3.05) is 13.1 Å². The van der Waals surface area contributed by atoms with E-state index in [4.69, 9.17) is 18.9 Å². The van der Waals surface area contributed by atoms with Crippen molar-refractivity contribution in [2.45, 2.75) is 78.0 Å². The summed E-state index contributed by atoms with van der Waals surface area (Å²) in [4.78, 5) is 0. The van der Waals surface area contributed by atoms with Gasteiger partial charge in [-0.1, -0.05) is 171 Å². The van der Waals surface area contributed by atoms with Gasteiger partial charge in [0, 0.05) is 24.2 Å². The minimum atomic E-state index is 0.497. The van der Waals surface area contributed by atoms with Crippen LogP contribution in [-0.4, -0.2) is 13.1 Å². The highest BCUT2D eigenvalue weighted by Crippen LogP contribution is 2.34. The van der Waals surface area contributed by atoms with E-state index in [2.05, 4.69) is 83.4 Å². The maximum atomic E-state index is 6.40. The molecule has 6 nitrogen and oxygen atoms in total. The van der Waals surface area contributed by atoms with Crippen LogP contribution in [-0.2, 0) is 39.5 Å². The quantitative estimate of drug-likeness (QED) is 0.0569. The molecule has 0 saturated heterocycles. The predicted octanol–water partition coefficient (Wildman–Crippen LogP) is 11.2. The number of ether oxygens (including phenoxy) is 4. The minimum absolute atomic E-state index is 0.497. The standard InChI is InChI=1S/C50H56N2O4/c1(3-17-33-51-35-45-29-19-31-47(53-37-41-21-9-5-10-22-41)49(45)55-39-43-25-13-7-14-26-43)2-4-18-34-52-36-46-30-20-32-48(54-38-42-23-11-6-12-24-42)50(46)56-40-44-27-15-8-16-28-44/h5-16,19-32,51-52H,1-4,17-18,33-40H2. The first-order valence-corrected chi connectivity index (χ1v) is 20.1. The summed E-state index contributed by atoms with van der Waals surface area (Å²) >= 11 is 0. The Bertz CT molecular complexity index is 1810. The lowest BCUT2D eigenvalue weighted by molar-refractivity contribution is 0.253. The average Bonchev–Trinajstić information content (AvgIpc) is 3.26. The highest BCUT2D eigenvalue weighted by atomic mass is 16.5. The zero-order chi connectivity index (χ0) is 38.3. The second-order valence-corrected chi connectivity index (χ2v) is 14.1. The van der Waals surface area contributed by atoms with Gasteiger partial charge in [-0.3, -0.25) is 0 Å². The van der Waals surface area contributed by atoms with E-state index in [-0.39, 0.29) is 0 Å². The lowest BCUT2D eigenvalue weighted by atomic mass is 10.1. The zero-order valence-corrected chi connectivity index (χ0v) is 32.5. The van der Waals surface area contributed by atoms with E-state index in [1.807, 2.05) is 84.9 Å². The molecule has 0 aliphatic heterocycles. The smallest absolute Gasteiger partial charge is 0.166 e. The van der Waals surface area contributed by atoms with Gasteiger partial charge in [0.2, 0.25) is 0 Å². The third-order valence-electron chi connectivity index (χ3n) is 9.64. The normalized spacial score (nSPS) is 10.9. The Morgan fingerprint density at radius 2 is 0.625 bits per heavy atom. The summed E-state index contributed by atoms with van der Waals surface area (Å²) in [6.07, 6.45) is 7.22. The van der Waals surface area contributed by atoms with E-state index in [1.54, 1.807) is 0 Å². The molecule has 0 aliphatic rings. The van der Waals surface area contributed by atoms with Gasteiger partial charge in [0.1, 0.15) is 26.4 Å². The molecule has 0 bridgehead atoms. The van der Waals surface area contributed by atoms with Crippen LogP contribution in [0, 0.1) is 0 Å². The summed E-state index contributed by atoms with van der Waals surface area (Å²) < 4.78 is 25.3. The molecule has 0 fully saturated rings. The van der Waals surface area contributed by atoms with Gasteiger partial charge in [-0.2, -0.15) is 0 Å². The zero-order valence-electron chi connectivity index (χ0n) is 32.5. The van der Waals surface area contributed by atoms with Crippen LogP contribution < -0.4 is 29.6 Å². The molecule has 0 aromatic heterocycles. The lowest BCUT2D eigenvalue weighted by Crippen LogP contribution is -2.16. The van der Waals surface area contributed by atoms with Gasteiger partial charge < -0.3 is 29.6 Å². The van der Waals surface area contributed by atoms with Crippen molar-refractivity contribution in [1.29, 1.82) is 0 Å². The molecular formula is C50H56N2O4. The molecule has 2 N–H and O–H groups in total. The van der Waals surface area contributed by atoms with Crippen molar-refractivity contribution in [1.82, 2.24) is 10.6 Å². The van der Waals surface area contributed by atoms with Crippen molar-refractivity contribution in [2.24, 2.45) is 0 Å². The Hall–Kier alpha value is -5.56. The minimum Gasteiger partial charge on any atom is -0.485 e. The average molecular weight is 749 g/mol. The Labute approximate surface area is 333 Å². The summed E-state index contributed by atoms with van der Waals surface area (Å²) in [6.45, 7) is 5.40. The van der Waals surface area contributed by atoms with Crippen LogP contribution in [0.3, 0.4) is 0 Å². The summed E-state index contributed by atoms with van der Waals surface area (Å²) in [6, 6.07) is 53.5. The highest BCUT2D eigenvalue weighted by Gasteiger charge is 2.14. The summed E-state index contributed by atoms with van der Waals surface area (Å²) in [5.74, 6) is 3.18. The number of unbranched alkanes of at least 4 members (excludes halogenated alkanes) is 5. The molecule has 56 heavy (non-hydrogen) atoms. The second kappa shape index (κ2) is 23.4. The Kier molecular flexibility index (Phi) is 16.7. The van der Waals surface area contributed by atoms with Gasteiger partial charge in [0.15, 0.2) is 23.0 Å². The molecule has 0 heterocycles. The molecule has 6 heteroatoms. The fourth-order valence-corrected chi connectivity index (χ4v) is 6.54. The second-order valence-electron chi connectivity index (χ2n) is 14.1. The lowest BCUT2D eigenvalue weighted by Gasteiger charge is -2.17. The van der Waals surface area contributed by atoms with Crippen LogP contribution in [0.5, 0.6) is 23.0 Å². The molecule has 0 aliphatic carbocycles. The van der Waals surface area contributed by atoms with E-state index >= 15 is 0 Å². The highest BCUT2D eigenvalue weighted by molar-refractivity contribution is 5.48. The van der Waals surface area contributed by atoms with Gasteiger partial charge in [-0.15, -0.1) is 0 Å². The van der Waals surface area contributed by atoms with E-state index in [1.165, 1.54) is 25.7 Å². The monoisotopic (exact) mass is 748 g/mol. The maximum Gasteiger partial charge on any atom is 0.166 e. The molecule has 6 aromatic rings. The molecule has 0 unspecified atom stereocenters. The molecule has 6 rings (SSSR count). The maximum absolute atomic E-state index is 6.40. The van der Waals surface area contributed by atoms with Crippen molar-refractivity contribution in [3.8, 4) is 23.0 Å². The van der Waals surface area contributed by atoms with Crippen LogP contribution >= 0.6 is 0 Å². The van der Waals surface area contributed by atoms with Crippen molar-refractivity contribution in [3.63, 3.8) is 0 Å². The summed E-state index contributed by atoms with van der Waals surface area (Å²) in [7, 11) is 0. The number of para-hydroxylation sites is 2. The van der Waals surface area contributed by atoms with Crippen LogP contribution in [0.25, 0.3) is 0 Å². The van der Waals surface area contributed by atoms with E-state index in [9.17, 15) is 0 Å². The van der Waals surface area contributed by atoms with Gasteiger partial charge >= 0.3 is 0 Å². The van der Waals surface area contributed by atoms with Crippen molar-refractivity contribution in [3.05, 3.63) is 191 Å². The van der Waals surface area contributed by atoms with Gasteiger partial charge in [0.25, 0.3) is 0 Å². The molecule has 0 amide bonds. The van der Waals surface area contributed by atoms with Crippen LogP contribution in [0.15, 0.2) is 158 Å². The number of hydrogen-bond donors (Lipinski definition) is 2. The van der Waals surface area contributed by atoms with Gasteiger partial charge in [-0.05, 0) is 60.3 Å². The Morgan fingerprint density at radius 3 is 0.982 bits per heavy atom. The topological polar surface area (TPSA) is 61.0 Å². The van der Waals surface area contributed by atoms with E-state index in [0.717, 1.165) is 95.4 Å². The fourth-order valence-electron chi connectivity index (χ4n) is 6.54. The first-order valence-electron chi connectivity index (χ1n) is 20.1. The fraction of sp³-hybridized carbons (Fsp3) is 0.280. The third kappa shape index (κ3) is 13.6. The third-order valence-corrected chi connectivity index (χ3v) is 9.64. The molecular weight excluding hydrogens is 693 g/mol. The molecule has 6 aromatic carbocycles. The molecule has 0 radical (unpaired) electrons. The molecule has 290 valence electrons. The predicted molar refractivity (Wildman–Crippen MR) is 227 cm³/mol. The van der Waals surface area contributed by atoms with E-state index in [0.29, 0.717) is 26.4 Å². The van der Waals surface area contributed by atoms with Crippen molar-refractivity contribution >= 4 is 0 Å². The summed E-state index contributed by atoms with van der Waals surface area (Å²) in [5, 5.41) is 7.31. The number of hydrogen-bond acceptors (Lipinski definition) is 6. The first-order chi connectivity index (χ1) is 27.8. The van der Waals surface area contributed by atoms with Gasteiger partial charge in [0.05, 0.1) is 0 Å². The number of benzene rings is 6. The SMILES string of the molecule is c1ccc(COc2cccc(CNCCCCCCCCNCc3cccc(OCc4ccccc4)c3OCc3ccccc3)c2OCc2ccccc2)cc1. The Balaban J connectivity index is 0.890. The largest absolute Gasteiger partial charge is 0.485 e. The molecule has 0 saturated carbocycles. The Morgan fingerprint density at radius 1 is 0.304 bits per heavy atom. The van der Waals surface area contributed by atoms with E-state index < -0.39 is 0 Å².